The van der Waals surface area contributed by atoms with Gasteiger partial charge in [-0.05, 0) is 18.1 Å². The third kappa shape index (κ3) is 3.65. The van der Waals surface area contributed by atoms with Crippen molar-refractivity contribution in [2.24, 2.45) is 5.92 Å². The lowest BCUT2D eigenvalue weighted by Gasteiger charge is -2.09. The number of nitriles is 1. The van der Waals surface area contributed by atoms with E-state index in [1.165, 1.54) is 6.20 Å². The van der Waals surface area contributed by atoms with Gasteiger partial charge in [-0.3, -0.25) is 0 Å². The minimum atomic E-state index is 0.470. The highest BCUT2D eigenvalue weighted by atomic mass is 15.3. The highest BCUT2D eigenvalue weighted by molar-refractivity contribution is 5.64. The molecule has 0 aliphatic carbocycles. The van der Waals surface area contributed by atoms with Gasteiger partial charge in [-0.1, -0.05) is 26.0 Å². The van der Waals surface area contributed by atoms with Crippen LogP contribution in [0.25, 0.3) is 0 Å². The van der Waals surface area contributed by atoms with Gasteiger partial charge < -0.3 is 10.6 Å². The molecule has 6 heteroatoms. The van der Waals surface area contributed by atoms with Crippen LogP contribution in [0, 0.1) is 17.2 Å². The summed E-state index contributed by atoms with van der Waals surface area (Å²) in [4.78, 5) is 4.31. The van der Waals surface area contributed by atoms with Crippen LogP contribution < -0.4 is 10.6 Å². The molecule has 2 rings (SSSR count). The third-order valence-corrected chi connectivity index (χ3v) is 2.54. The monoisotopic (exact) mass is 268 g/mol. The van der Waals surface area contributed by atoms with Crippen molar-refractivity contribution in [1.82, 2.24) is 15.2 Å². The van der Waals surface area contributed by atoms with Crippen LogP contribution in [-0.2, 0) is 0 Å². The number of nitrogens with zero attached hydrogens (tertiary/aromatic N) is 4. The quantitative estimate of drug-likeness (QED) is 0.866. The molecule has 0 atom stereocenters. The van der Waals surface area contributed by atoms with E-state index in [9.17, 15) is 0 Å². The molecular weight excluding hydrogens is 252 g/mol. The molecule has 1 aromatic carbocycles. The molecule has 0 aliphatic rings. The van der Waals surface area contributed by atoms with Crippen molar-refractivity contribution in [2.75, 3.05) is 17.2 Å². The van der Waals surface area contributed by atoms with Crippen LogP contribution in [0.3, 0.4) is 0 Å². The number of hydrogen-bond acceptors (Lipinski definition) is 6. The van der Waals surface area contributed by atoms with Gasteiger partial charge in [0, 0.05) is 6.54 Å². The van der Waals surface area contributed by atoms with Gasteiger partial charge in [-0.2, -0.15) is 15.3 Å². The van der Waals surface area contributed by atoms with Crippen molar-refractivity contribution < 1.29 is 0 Å². The van der Waals surface area contributed by atoms with Crippen molar-refractivity contribution in [3.05, 3.63) is 36.0 Å². The number of para-hydroxylation sites is 1. The molecular formula is C14H16N6. The maximum atomic E-state index is 9.05. The van der Waals surface area contributed by atoms with Gasteiger partial charge in [-0.15, -0.1) is 5.10 Å². The Morgan fingerprint density at radius 1 is 1.30 bits per heavy atom. The van der Waals surface area contributed by atoms with E-state index in [0.29, 0.717) is 28.9 Å². The normalized spacial score (nSPS) is 10.1. The molecule has 0 saturated carbocycles. The first-order valence-corrected chi connectivity index (χ1v) is 6.39. The molecule has 2 aromatic rings. The SMILES string of the molecule is CC(C)CNc1nncc(Nc2ccccc2C#N)n1. The second-order valence-electron chi connectivity index (χ2n) is 4.72. The predicted molar refractivity (Wildman–Crippen MR) is 77.6 cm³/mol. The predicted octanol–water partition coefficient (Wildman–Crippen LogP) is 2.55. The molecule has 0 radical (unpaired) electrons. The summed E-state index contributed by atoms with van der Waals surface area (Å²) in [6.07, 6.45) is 1.52. The van der Waals surface area contributed by atoms with E-state index < -0.39 is 0 Å². The van der Waals surface area contributed by atoms with Crippen molar-refractivity contribution in [2.45, 2.75) is 13.8 Å². The summed E-state index contributed by atoms with van der Waals surface area (Å²) in [5, 5.41) is 23.0. The Kier molecular flexibility index (Phi) is 4.45. The van der Waals surface area contributed by atoms with Crippen molar-refractivity contribution in [1.29, 1.82) is 5.26 Å². The Bertz CT molecular complexity index is 617. The van der Waals surface area contributed by atoms with E-state index in [-0.39, 0.29) is 0 Å². The summed E-state index contributed by atoms with van der Waals surface area (Å²) in [6.45, 7) is 4.98. The van der Waals surface area contributed by atoms with Gasteiger partial charge in [0.25, 0.3) is 0 Å². The van der Waals surface area contributed by atoms with Crippen LogP contribution in [0.5, 0.6) is 0 Å². The van der Waals surface area contributed by atoms with E-state index in [2.05, 4.69) is 45.7 Å². The van der Waals surface area contributed by atoms with E-state index in [1.807, 2.05) is 18.2 Å². The number of hydrogen-bond donors (Lipinski definition) is 2. The standard InChI is InChI=1S/C14H16N6/c1-10(2)8-16-14-19-13(9-17-20-14)18-12-6-4-3-5-11(12)7-15/h3-6,9-10H,8H2,1-2H3,(H2,16,18,19,20). The first-order valence-electron chi connectivity index (χ1n) is 6.39. The van der Waals surface area contributed by atoms with Crippen LogP contribution in [0.2, 0.25) is 0 Å². The Labute approximate surface area is 117 Å². The molecule has 2 N–H and O–H groups in total. The number of aromatic nitrogens is 3. The van der Waals surface area contributed by atoms with Gasteiger partial charge >= 0.3 is 0 Å². The minimum absolute atomic E-state index is 0.470. The fourth-order valence-electron chi connectivity index (χ4n) is 1.56. The first-order chi connectivity index (χ1) is 9.69. The Balaban J connectivity index is 2.14. The molecule has 0 saturated heterocycles. The zero-order valence-electron chi connectivity index (χ0n) is 11.5. The van der Waals surface area contributed by atoms with E-state index in [4.69, 9.17) is 5.26 Å². The minimum Gasteiger partial charge on any atom is -0.353 e. The largest absolute Gasteiger partial charge is 0.353 e. The first kappa shape index (κ1) is 13.7. The van der Waals surface area contributed by atoms with Gasteiger partial charge in [0.1, 0.15) is 6.07 Å². The summed E-state index contributed by atoms with van der Waals surface area (Å²) in [5.41, 5.74) is 1.26. The lowest BCUT2D eigenvalue weighted by molar-refractivity contribution is 0.682. The number of benzene rings is 1. The van der Waals surface area contributed by atoms with Gasteiger partial charge in [-0.25, -0.2) is 0 Å². The molecule has 1 heterocycles. The molecule has 0 aliphatic heterocycles. The van der Waals surface area contributed by atoms with Crippen molar-refractivity contribution in [3.8, 4) is 6.07 Å². The lowest BCUT2D eigenvalue weighted by atomic mass is 10.2. The van der Waals surface area contributed by atoms with Crippen molar-refractivity contribution >= 4 is 17.5 Å². The Morgan fingerprint density at radius 2 is 2.10 bits per heavy atom. The van der Waals surface area contributed by atoms with Crippen LogP contribution >= 0.6 is 0 Å². The van der Waals surface area contributed by atoms with Crippen LogP contribution in [0.15, 0.2) is 30.5 Å². The Hall–Kier alpha value is -2.68. The molecule has 0 bridgehead atoms. The topological polar surface area (TPSA) is 86.5 Å². The fourth-order valence-corrected chi connectivity index (χ4v) is 1.56. The molecule has 20 heavy (non-hydrogen) atoms. The third-order valence-electron chi connectivity index (χ3n) is 2.54. The smallest absolute Gasteiger partial charge is 0.244 e. The second-order valence-corrected chi connectivity index (χ2v) is 4.72. The number of nitrogens with one attached hydrogen (secondary N) is 2. The molecule has 1 aromatic heterocycles. The maximum Gasteiger partial charge on any atom is 0.244 e. The summed E-state index contributed by atoms with van der Waals surface area (Å²) in [7, 11) is 0. The molecule has 0 amide bonds. The molecule has 6 nitrogen and oxygen atoms in total. The number of anilines is 3. The summed E-state index contributed by atoms with van der Waals surface area (Å²) >= 11 is 0. The van der Waals surface area contributed by atoms with Crippen LogP contribution in [-0.4, -0.2) is 21.7 Å². The zero-order chi connectivity index (χ0) is 14.4. The molecule has 0 fully saturated rings. The molecule has 0 unspecified atom stereocenters. The summed E-state index contributed by atoms with van der Waals surface area (Å²) in [6, 6.07) is 9.37. The van der Waals surface area contributed by atoms with Gasteiger partial charge in [0.05, 0.1) is 17.4 Å². The zero-order valence-corrected chi connectivity index (χ0v) is 11.5. The highest BCUT2D eigenvalue weighted by Crippen LogP contribution is 2.18. The fraction of sp³-hybridized carbons (Fsp3) is 0.286. The average molecular weight is 268 g/mol. The van der Waals surface area contributed by atoms with Gasteiger partial charge in [0.15, 0.2) is 5.82 Å². The van der Waals surface area contributed by atoms with E-state index in [1.54, 1.807) is 6.07 Å². The molecule has 102 valence electrons. The average Bonchev–Trinajstić information content (AvgIpc) is 2.46. The highest BCUT2D eigenvalue weighted by Gasteiger charge is 2.04. The van der Waals surface area contributed by atoms with Crippen LogP contribution in [0.4, 0.5) is 17.5 Å². The molecule has 0 spiro atoms. The van der Waals surface area contributed by atoms with Crippen LogP contribution in [0.1, 0.15) is 19.4 Å². The second kappa shape index (κ2) is 6.48. The van der Waals surface area contributed by atoms with E-state index >= 15 is 0 Å². The van der Waals surface area contributed by atoms with E-state index in [0.717, 1.165) is 6.54 Å². The summed E-state index contributed by atoms with van der Waals surface area (Å²) < 4.78 is 0. The number of rotatable bonds is 5. The van der Waals surface area contributed by atoms with Crippen molar-refractivity contribution in [3.63, 3.8) is 0 Å². The maximum absolute atomic E-state index is 9.05. The summed E-state index contributed by atoms with van der Waals surface area (Å²) in [5.74, 6) is 1.52. The van der Waals surface area contributed by atoms with Gasteiger partial charge in [0.2, 0.25) is 5.95 Å². The lowest BCUT2D eigenvalue weighted by Crippen LogP contribution is -2.11. The Morgan fingerprint density at radius 3 is 2.85 bits per heavy atom.